The summed E-state index contributed by atoms with van der Waals surface area (Å²) in [5.74, 6) is -0.418. The van der Waals surface area contributed by atoms with Gasteiger partial charge >= 0.3 is 0 Å². The van der Waals surface area contributed by atoms with Gasteiger partial charge in [-0.1, -0.05) is 12.1 Å². The van der Waals surface area contributed by atoms with Gasteiger partial charge in [0.05, 0.1) is 19.1 Å². The summed E-state index contributed by atoms with van der Waals surface area (Å²) in [4.78, 5) is 13.6. The Morgan fingerprint density at radius 2 is 2.16 bits per heavy atom. The largest absolute Gasteiger partial charge is 0.380 e. The minimum absolute atomic E-state index is 0.0632. The van der Waals surface area contributed by atoms with Crippen molar-refractivity contribution in [3.63, 3.8) is 0 Å². The maximum absolute atomic E-state index is 13.8. The number of rotatable bonds is 5. The quantitative estimate of drug-likeness (QED) is 0.809. The van der Waals surface area contributed by atoms with Crippen LogP contribution in [0.5, 0.6) is 0 Å². The molecule has 1 fully saturated rings. The van der Waals surface area contributed by atoms with Gasteiger partial charge in [-0.15, -0.1) is 0 Å². The zero-order chi connectivity index (χ0) is 13.8. The molecule has 2 rings (SSSR count). The first-order chi connectivity index (χ1) is 9.13. The van der Waals surface area contributed by atoms with Gasteiger partial charge in [0, 0.05) is 27.3 Å². The van der Waals surface area contributed by atoms with Crippen LogP contribution >= 0.6 is 0 Å². The normalized spacial score (nSPS) is 15.4. The molecular weight excluding hydrogens is 249 g/mol. The van der Waals surface area contributed by atoms with Crippen LogP contribution in [0.2, 0.25) is 0 Å². The lowest BCUT2D eigenvalue weighted by Crippen LogP contribution is -2.54. The molecule has 1 aliphatic heterocycles. The number of hydrogen-bond donors (Lipinski definition) is 0. The standard InChI is InChI=1S/C14H18FNO3/c1-18-9-10-3-4-11(13(15)5-10)6-14(17)16-7-12(8-16)19-2/h3-5,12H,6-9H2,1-2H3. The highest BCUT2D eigenvalue weighted by Crippen LogP contribution is 2.16. The van der Waals surface area contributed by atoms with Gasteiger partial charge in [0.15, 0.2) is 0 Å². The van der Waals surface area contributed by atoms with E-state index in [1.165, 1.54) is 6.07 Å². The van der Waals surface area contributed by atoms with Crippen LogP contribution in [0.15, 0.2) is 18.2 Å². The van der Waals surface area contributed by atoms with Crippen molar-refractivity contribution < 1.29 is 18.7 Å². The third-order valence-corrected chi connectivity index (χ3v) is 3.30. The molecule has 0 aliphatic carbocycles. The molecule has 19 heavy (non-hydrogen) atoms. The van der Waals surface area contributed by atoms with Crippen LogP contribution in [-0.4, -0.2) is 44.2 Å². The lowest BCUT2D eigenvalue weighted by atomic mass is 10.1. The van der Waals surface area contributed by atoms with E-state index >= 15 is 0 Å². The van der Waals surface area contributed by atoms with E-state index in [9.17, 15) is 9.18 Å². The highest BCUT2D eigenvalue weighted by Gasteiger charge is 2.30. The van der Waals surface area contributed by atoms with E-state index in [1.54, 1.807) is 31.3 Å². The Hall–Kier alpha value is -1.46. The Bertz CT molecular complexity index is 458. The Morgan fingerprint density at radius 3 is 2.74 bits per heavy atom. The van der Waals surface area contributed by atoms with E-state index in [2.05, 4.69) is 0 Å². The average Bonchev–Trinajstić information content (AvgIpc) is 2.32. The maximum atomic E-state index is 13.8. The molecule has 0 aromatic heterocycles. The number of carbonyl (C=O) groups is 1. The number of carbonyl (C=O) groups excluding carboxylic acids is 1. The minimum atomic E-state index is -0.355. The molecule has 0 N–H and O–H groups in total. The van der Waals surface area contributed by atoms with Crippen LogP contribution in [0.3, 0.4) is 0 Å². The summed E-state index contributed by atoms with van der Waals surface area (Å²) in [6.07, 6.45) is 0.216. The number of halogens is 1. The van der Waals surface area contributed by atoms with Gasteiger partial charge in [0.2, 0.25) is 5.91 Å². The summed E-state index contributed by atoms with van der Waals surface area (Å²) in [5, 5.41) is 0. The van der Waals surface area contributed by atoms with Crippen molar-refractivity contribution in [1.29, 1.82) is 0 Å². The molecule has 1 amide bonds. The second-order valence-electron chi connectivity index (χ2n) is 4.69. The van der Waals surface area contributed by atoms with Crippen molar-refractivity contribution in [3.05, 3.63) is 35.1 Å². The van der Waals surface area contributed by atoms with E-state index in [4.69, 9.17) is 9.47 Å². The Labute approximate surface area is 112 Å². The first kappa shape index (κ1) is 14.0. The van der Waals surface area contributed by atoms with Crippen LogP contribution < -0.4 is 0 Å². The van der Waals surface area contributed by atoms with Gasteiger partial charge in [-0.2, -0.15) is 0 Å². The van der Waals surface area contributed by atoms with Gasteiger partial charge in [0.25, 0.3) is 0 Å². The minimum Gasteiger partial charge on any atom is -0.380 e. The molecule has 0 bridgehead atoms. The molecule has 104 valence electrons. The summed E-state index contributed by atoms with van der Waals surface area (Å²) in [6.45, 7) is 1.56. The SMILES string of the molecule is COCc1ccc(CC(=O)N2CC(OC)C2)c(F)c1. The lowest BCUT2D eigenvalue weighted by Gasteiger charge is -2.38. The first-order valence-electron chi connectivity index (χ1n) is 6.21. The van der Waals surface area contributed by atoms with E-state index in [1.807, 2.05) is 0 Å². The summed E-state index contributed by atoms with van der Waals surface area (Å²) in [5.41, 5.74) is 1.19. The maximum Gasteiger partial charge on any atom is 0.227 e. The fraction of sp³-hybridized carbons (Fsp3) is 0.500. The van der Waals surface area contributed by atoms with E-state index in [-0.39, 0.29) is 24.2 Å². The molecule has 0 unspecified atom stereocenters. The van der Waals surface area contributed by atoms with Gasteiger partial charge in [-0.05, 0) is 17.2 Å². The third kappa shape index (κ3) is 3.30. The van der Waals surface area contributed by atoms with Crippen molar-refractivity contribution in [2.24, 2.45) is 0 Å². The molecule has 0 atom stereocenters. The molecule has 0 radical (unpaired) electrons. The van der Waals surface area contributed by atoms with E-state index in [0.29, 0.717) is 25.3 Å². The number of benzene rings is 1. The summed E-state index contributed by atoms with van der Waals surface area (Å²) in [6, 6.07) is 4.85. The number of ether oxygens (including phenoxy) is 2. The Balaban J connectivity index is 1.94. The van der Waals surface area contributed by atoms with E-state index < -0.39 is 0 Å². The molecule has 4 nitrogen and oxygen atoms in total. The van der Waals surface area contributed by atoms with Crippen LogP contribution in [0.1, 0.15) is 11.1 Å². The van der Waals surface area contributed by atoms with Crippen molar-refractivity contribution in [1.82, 2.24) is 4.90 Å². The predicted octanol–water partition coefficient (Wildman–Crippen LogP) is 1.37. The Morgan fingerprint density at radius 1 is 1.42 bits per heavy atom. The third-order valence-electron chi connectivity index (χ3n) is 3.30. The molecule has 0 saturated carbocycles. The van der Waals surface area contributed by atoms with E-state index in [0.717, 1.165) is 5.56 Å². The number of methoxy groups -OCH3 is 2. The second-order valence-corrected chi connectivity index (χ2v) is 4.69. The molecular formula is C14H18FNO3. The lowest BCUT2D eigenvalue weighted by molar-refractivity contribution is -0.142. The molecule has 0 spiro atoms. The molecule has 1 heterocycles. The van der Waals surface area contributed by atoms with Crippen molar-refractivity contribution in [3.8, 4) is 0 Å². The highest BCUT2D eigenvalue weighted by atomic mass is 19.1. The summed E-state index contributed by atoms with van der Waals surface area (Å²) >= 11 is 0. The Kier molecular flexibility index (Phi) is 4.50. The van der Waals surface area contributed by atoms with Crippen LogP contribution in [0.4, 0.5) is 4.39 Å². The molecule has 1 aromatic carbocycles. The summed E-state index contributed by atoms with van der Waals surface area (Å²) in [7, 11) is 3.19. The zero-order valence-corrected chi connectivity index (χ0v) is 11.2. The van der Waals surface area contributed by atoms with Gasteiger partial charge in [0.1, 0.15) is 5.82 Å². The molecule has 1 saturated heterocycles. The van der Waals surface area contributed by atoms with Crippen molar-refractivity contribution in [2.75, 3.05) is 27.3 Å². The molecule has 1 aromatic rings. The van der Waals surface area contributed by atoms with Crippen LogP contribution in [-0.2, 0) is 27.3 Å². The van der Waals surface area contributed by atoms with Crippen molar-refractivity contribution >= 4 is 5.91 Å². The number of hydrogen-bond acceptors (Lipinski definition) is 3. The number of likely N-dealkylation sites (tertiary alicyclic amines) is 1. The van der Waals surface area contributed by atoms with Crippen molar-refractivity contribution in [2.45, 2.75) is 19.1 Å². The smallest absolute Gasteiger partial charge is 0.227 e. The highest BCUT2D eigenvalue weighted by molar-refractivity contribution is 5.79. The van der Waals surface area contributed by atoms with Gasteiger partial charge in [-0.25, -0.2) is 4.39 Å². The molecule has 1 aliphatic rings. The monoisotopic (exact) mass is 267 g/mol. The van der Waals surface area contributed by atoms with Gasteiger partial charge < -0.3 is 14.4 Å². The fourth-order valence-electron chi connectivity index (χ4n) is 2.06. The number of nitrogens with zero attached hydrogens (tertiary/aromatic N) is 1. The second kappa shape index (κ2) is 6.12. The number of amides is 1. The predicted molar refractivity (Wildman–Crippen MR) is 68.2 cm³/mol. The fourth-order valence-corrected chi connectivity index (χ4v) is 2.06. The van der Waals surface area contributed by atoms with Gasteiger partial charge in [-0.3, -0.25) is 4.79 Å². The average molecular weight is 267 g/mol. The summed E-state index contributed by atoms with van der Waals surface area (Å²) < 4.78 is 23.8. The van der Waals surface area contributed by atoms with Crippen LogP contribution in [0, 0.1) is 5.82 Å². The topological polar surface area (TPSA) is 38.8 Å². The zero-order valence-electron chi connectivity index (χ0n) is 11.2. The molecule has 5 heteroatoms. The van der Waals surface area contributed by atoms with Crippen LogP contribution in [0.25, 0.3) is 0 Å². The first-order valence-corrected chi connectivity index (χ1v) is 6.21.